The van der Waals surface area contributed by atoms with Crippen LogP contribution in [-0.2, 0) is 15.8 Å². The highest BCUT2D eigenvalue weighted by Crippen LogP contribution is 2.31. The molecule has 0 bridgehead atoms. The molecule has 24 heavy (non-hydrogen) atoms. The Morgan fingerprint density at radius 3 is 2.29 bits per heavy atom. The molecule has 0 saturated carbocycles. The van der Waals surface area contributed by atoms with Gasteiger partial charge in [-0.3, -0.25) is 9.59 Å². The lowest BCUT2D eigenvalue weighted by Gasteiger charge is -2.23. The summed E-state index contributed by atoms with van der Waals surface area (Å²) in [6.45, 7) is 3.81. The molecule has 0 aliphatic carbocycles. The van der Waals surface area contributed by atoms with Gasteiger partial charge in [0.05, 0.1) is 5.56 Å². The van der Waals surface area contributed by atoms with Crippen LogP contribution in [-0.4, -0.2) is 43.9 Å². The molecule has 2 N–H and O–H groups in total. The van der Waals surface area contributed by atoms with E-state index in [1.807, 2.05) is 19.0 Å². The van der Waals surface area contributed by atoms with Crippen LogP contribution < -0.4 is 10.6 Å². The zero-order valence-corrected chi connectivity index (χ0v) is 14.1. The van der Waals surface area contributed by atoms with E-state index < -0.39 is 29.0 Å². The second-order valence-corrected chi connectivity index (χ2v) is 6.22. The topological polar surface area (TPSA) is 61.4 Å². The Hall–Kier alpha value is -2.09. The minimum Gasteiger partial charge on any atom is -0.354 e. The number of hydrogen-bond acceptors (Lipinski definition) is 3. The molecule has 0 heterocycles. The summed E-state index contributed by atoms with van der Waals surface area (Å²) in [4.78, 5) is 26.3. The van der Waals surface area contributed by atoms with Crippen molar-refractivity contribution < 1.29 is 22.8 Å². The number of benzene rings is 1. The van der Waals surface area contributed by atoms with Crippen molar-refractivity contribution in [3.05, 3.63) is 29.8 Å². The van der Waals surface area contributed by atoms with Crippen LogP contribution in [0.2, 0.25) is 0 Å². The van der Waals surface area contributed by atoms with Crippen LogP contribution >= 0.6 is 0 Å². The van der Waals surface area contributed by atoms with E-state index in [1.165, 1.54) is 26.0 Å². The van der Waals surface area contributed by atoms with Gasteiger partial charge in [0.15, 0.2) is 0 Å². The molecule has 1 aromatic carbocycles. The number of nitrogens with one attached hydrogen (secondary N) is 2. The highest BCUT2D eigenvalue weighted by molar-refractivity contribution is 6.09. The monoisotopic (exact) mass is 345 g/mol. The standard InChI is InChI=1S/C16H22F3N3O2/c1-15(2,13(23)20-8-9-22(3)4)14(24)21-12-7-5-6-11(10-12)16(17,18)19/h5-7,10H,8-9H2,1-4H3,(H,20,23)(H,21,24). The van der Waals surface area contributed by atoms with Gasteiger partial charge >= 0.3 is 6.18 Å². The molecule has 2 amide bonds. The van der Waals surface area contributed by atoms with Crippen molar-refractivity contribution in [1.29, 1.82) is 0 Å². The van der Waals surface area contributed by atoms with Gasteiger partial charge in [0, 0.05) is 18.8 Å². The predicted octanol–water partition coefficient (Wildman–Crippen LogP) is 2.35. The van der Waals surface area contributed by atoms with E-state index in [9.17, 15) is 22.8 Å². The van der Waals surface area contributed by atoms with Crippen molar-refractivity contribution in [3.63, 3.8) is 0 Å². The van der Waals surface area contributed by atoms with Crippen molar-refractivity contribution in [2.75, 3.05) is 32.5 Å². The molecule has 0 spiro atoms. The molecule has 8 heteroatoms. The van der Waals surface area contributed by atoms with Crippen molar-refractivity contribution in [3.8, 4) is 0 Å². The van der Waals surface area contributed by atoms with Crippen LogP contribution in [0.3, 0.4) is 0 Å². The lowest BCUT2D eigenvalue weighted by Crippen LogP contribution is -2.46. The summed E-state index contributed by atoms with van der Waals surface area (Å²) in [5.41, 5.74) is -2.29. The number of halogens is 3. The number of carbonyl (C=O) groups is 2. The molecule has 0 aliphatic heterocycles. The van der Waals surface area contributed by atoms with Crippen molar-refractivity contribution in [2.24, 2.45) is 5.41 Å². The summed E-state index contributed by atoms with van der Waals surface area (Å²) in [7, 11) is 3.69. The third-order valence-electron chi connectivity index (χ3n) is 3.43. The van der Waals surface area contributed by atoms with Crippen LogP contribution in [0, 0.1) is 5.41 Å². The van der Waals surface area contributed by atoms with Gasteiger partial charge < -0.3 is 15.5 Å². The first-order valence-corrected chi connectivity index (χ1v) is 7.36. The summed E-state index contributed by atoms with van der Waals surface area (Å²) < 4.78 is 38.1. The number of alkyl halides is 3. The van der Waals surface area contributed by atoms with E-state index in [0.717, 1.165) is 12.1 Å². The minimum atomic E-state index is -4.50. The van der Waals surface area contributed by atoms with E-state index in [1.54, 1.807) is 0 Å². The van der Waals surface area contributed by atoms with Crippen LogP contribution in [0.25, 0.3) is 0 Å². The molecule has 0 unspecified atom stereocenters. The van der Waals surface area contributed by atoms with Gasteiger partial charge in [0.1, 0.15) is 5.41 Å². The Kier molecular flexibility index (Phi) is 6.36. The molecule has 0 atom stereocenters. The number of amides is 2. The lowest BCUT2D eigenvalue weighted by molar-refractivity contribution is -0.139. The van der Waals surface area contributed by atoms with Gasteiger partial charge in [-0.1, -0.05) is 6.07 Å². The van der Waals surface area contributed by atoms with Crippen LogP contribution in [0.15, 0.2) is 24.3 Å². The fourth-order valence-corrected chi connectivity index (χ4v) is 1.78. The average molecular weight is 345 g/mol. The molecule has 0 fully saturated rings. The van der Waals surface area contributed by atoms with Crippen LogP contribution in [0.1, 0.15) is 19.4 Å². The normalized spacial score (nSPS) is 12.2. The smallest absolute Gasteiger partial charge is 0.354 e. The van der Waals surface area contributed by atoms with Gasteiger partial charge in [-0.25, -0.2) is 0 Å². The molecular formula is C16H22F3N3O2. The van der Waals surface area contributed by atoms with Crippen LogP contribution in [0.4, 0.5) is 18.9 Å². The highest BCUT2D eigenvalue weighted by atomic mass is 19.4. The summed E-state index contributed by atoms with van der Waals surface area (Å²) in [5, 5.41) is 5.00. The summed E-state index contributed by atoms with van der Waals surface area (Å²) >= 11 is 0. The Balaban J connectivity index is 2.77. The summed E-state index contributed by atoms with van der Waals surface area (Å²) in [6.07, 6.45) is -4.50. The maximum Gasteiger partial charge on any atom is 0.416 e. The number of anilines is 1. The number of carbonyl (C=O) groups excluding carboxylic acids is 2. The van der Waals surface area contributed by atoms with E-state index in [2.05, 4.69) is 10.6 Å². The SMILES string of the molecule is CN(C)CCNC(=O)C(C)(C)C(=O)Nc1cccc(C(F)(F)F)c1. The number of hydrogen-bond donors (Lipinski definition) is 2. The summed E-state index contributed by atoms with van der Waals surface area (Å²) in [5.74, 6) is -1.17. The predicted molar refractivity (Wildman–Crippen MR) is 85.4 cm³/mol. The first-order valence-electron chi connectivity index (χ1n) is 7.36. The number of rotatable bonds is 6. The first kappa shape index (κ1) is 20.0. The van der Waals surface area contributed by atoms with Crippen molar-refractivity contribution in [1.82, 2.24) is 10.2 Å². The Morgan fingerprint density at radius 2 is 1.75 bits per heavy atom. The van der Waals surface area contributed by atoms with E-state index in [4.69, 9.17) is 0 Å². The fraction of sp³-hybridized carbons (Fsp3) is 0.500. The van der Waals surface area contributed by atoms with Gasteiger partial charge in [-0.2, -0.15) is 13.2 Å². The third kappa shape index (κ3) is 5.52. The lowest BCUT2D eigenvalue weighted by atomic mass is 9.91. The quantitative estimate of drug-likeness (QED) is 0.778. The number of likely N-dealkylation sites (N-methyl/N-ethyl adjacent to an activating group) is 1. The second kappa shape index (κ2) is 7.65. The zero-order valence-electron chi connectivity index (χ0n) is 14.1. The molecule has 0 aromatic heterocycles. The van der Waals surface area contributed by atoms with Gasteiger partial charge in [-0.15, -0.1) is 0 Å². The minimum absolute atomic E-state index is 0.0102. The molecule has 5 nitrogen and oxygen atoms in total. The van der Waals surface area contributed by atoms with Crippen molar-refractivity contribution >= 4 is 17.5 Å². The average Bonchev–Trinajstić information content (AvgIpc) is 2.46. The molecule has 0 saturated heterocycles. The Labute approximate surface area is 139 Å². The Bertz CT molecular complexity index is 598. The second-order valence-electron chi connectivity index (χ2n) is 6.22. The van der Waals surface area contributed by atoms with Gasteiger partial charge in [0.25, 0.3) is 0 Å². The third-order valence-corrected chi connectivity index (χ3v) is 3.43. The van der Waals surface area contributed by atoms with Crippen LogP contribution in [0.5, 0.6) is 0 Å². The van der Waals surface area contributed by atoms with E-state index >= 15 is 0 Å². The molecule has 0 radical (unpaired) electrons. The highest BCUT2D eigenvalue weighted by Gasteiger charge is 2.36. The van der Waals surface area contributed by atoms with E-state index in [-0.39, 0.29) is 5.69 Å². The largest absolute Gasteiger partial charge is 0.416 e. The van der Waals surface area contributed by atoms with E-state index in [0.29, 0.717) is 13.1 Å². The Morgan fingerprint density at radius 1 is 1.12 bits per heavy atom. The first-order chi connectivity index (χ1) is 10.9. The zero-order chi connectivity index (χ0) is 18.5. The maximum atomic E-state index is 12.7. The molecular weight excluding hydrogens is 323 g/mol. The van der Waals surface area contributed by atoms with Gasteiger partial charge in [0.2, 0.25) is 11.8 Å². The molecule has 1 aromatic rings. The maximum absolute atomic E-state index is 12.7. The molecule has 134 valence electrons. The fourth-order valence-electron chi connectivity index (χ4n) is 1.78. The molecule has 0 aliphatic rings. The number of nitrogens with zero attached hydrogens (tertiary/aromatic N) is 1. The molecule has 1 rings (SSSR count). The summed E-state index contributed by atoms with van der Waals surface area (Å²) in [6, 6.07) is 4.28. The van der Waals surface area contributed by atoms with Crippen molar-refractivity contribution in [2.45, 2.75) is 20.0 Å². The van der Waals surface area contributed by atoms with Gasteiger partial charge in [-0.05, 0) is 46.1 Å².